The van der Waals surface area contributed by atoms with Crippen molar-refractivity contribution in [3.05, 3.63) is 65.5 Å². The molecule has 158 valence electrons. The Morgan fingerprint density at radius 3 is 2.50 bits per heavy atom. The van der Waals surface area contributed by atoms with E-state index in [0.717, 1.165) is 5.56 Å². The van der Waals surface area contributed by atoms with Crippen LogP contribution in [0.5, 0.6) is 0 Å². The number of imidazole rings is 1. The van der Waals surface area contributed by atoms with Crippen molar-refractivity contribution in [1.29, 1.82) is 0 Å². The molecule has 0 bridgehead atoms. The van der Waals surface area contributed by atoms with E-state index in [0.29, 0.717) is 5.56 Å². The van der Waals surface area contributed by atoms with Gasteiger partial charge in [-0.05, 0) is 29.7 Å². The van der Waals surface area contributed by atoms with Gasteiger partial charge in [0.05, 0.1) is 34.5 Å². The van der Waals surface area contributed by atoms with Gasteiger partial charge in [0, 0.05) is 0 Å². The lowest BCUT2D eigenvalue weighted by atomic mass is 9.97. The van der Waals surface area contributed by atoms with E-state index in [4.69, 9.17) is 0 Å². The van der Waals surface area contributed by atoms with Crippen molar-refractivity contribution >= 4 is 26.8 Å². The van der Waals surface area contributed by atoms with Gasteiger partial charge in [-0.3, -0.25) is 4.79 Å². The van der Waals surface area contributed by atoms with Crippen LogP contribution in [0.25, 0.3) is 11.0 Å². The predicted molar refractivity (Wildman–Crippen MR) is 104 cm³/mol. The Balaban J connectivity index is 1.69. The molecule has 2 heterocycles. The predicted octanol–water partition coefficient (Wildman–Crippen LogP) is 3.22. The third-order valence-corrected chi connectivity index (χ3v) is 6.90. The number of hydrogen-bond acceptors (Lipinski definition) is 4. The molecular weight excluding hydrogens is 419 g/mol. The summed E-state index contributed by atoms with van der Waals surface area (Å²) in [6, 6.07) is 12.9. The number of carbonyl (C=O) groups is 1. The number of halogens is 3. The van der Waals surface area contributed by atoms with Gasteiger partial charge in [0.25, 0.3) is 0 Å². The maximum atomic E-state index is 13.0. The lowest BCUT2D eigenvalue weighted by molar-refractivity contribution is -0.144. The minimum absolute atomic E-state index is 0.0264. The zero-order valence-corrected chi connectivity index (χ0v) is 16.4. The monoisotopic (exact) mass is 437 g/mol. The van der Waals surface area contributed by atoms with Crippen molar-refractivity contribution in [1.82, 2.24) is 15.3 Å². The van der Waals surface area contributed by atoms with Crippen LogP contribution in [0.15, 0.2) is 48.5 Å². The number of nitrogens with one attached hydrogen (secondary N) is 2. The summed E-state index contributed by atoms with van der Waals surface area (Å²) in [5, 5.41) is 2.87. The summed E-state index contributed by atoms with van der Waals surface area (Å²) >= 11 is 0. The van der Waals surface area contributed by atoms with Crippen LogP contribution < -0.4 is 5.32 Å². The standard InChI is InChI=1S/C20H18F3N3O3S/c21-20(22,23)19-24-15-7-6-13(10-16(15)25-19)17(12-4-2-1-3-5-12)26-18(27)14-8-9-30(28,29)11-14/h1-7,10,14,17H,8-9,11H2,(H,24,25)(H,26,27)/t14-,17+/m1/s1. The SMILES string of the molecule is O=C(N[C@@H](c1ccccc1)c1ccc2nc(C(F)(F)F)[nH]c2c1)[C@@H]1CCS(=O)(=O)C1. The van der Waals surface area contributed by atoms with Gasteiger partial charge in [-0.15, -0.1) is 0 Å². The molecule has 1 amide bonds. The number of H-pyrrole nitrogens is 1. The lowest BCUT2D eigenvalue weighted by Gasteiger charge is -2.21. The van der Waals surface area contributed by atoms with Crippen molar-refractivity contribution in [3.8, 4) is 0 Å². The van der Waals surface area contributed by atoms with E-state index in [1.807, 2.05) is 0 Å². The number of benzene rings is 2. The number of sulfone groups is 1. The summed E-state index contributed by atoms with van der Waals surface area (Å²) in [7, 11) is -3.23. The Morgan fingerprint density at radius 1 is 1.13 bits per heavy atom. The maximum absolute atomic E-state index is 13.0. The van der Waals surface area contributed by atoms with Crippen molar-refractivity contribution in [2.45, 2.75) is 18.6 Å². The molecule has 1 aromatic heterocycles. The number of rotatable bonds is 4. The van der Waals surface area contributed by atoms with Crippen LogP contribution in [-0.4, -0.2) is 35.8 Å². The topological polar surface area (TPSA) is 91.9 Å². The van der Waals surface area contributed by atoms with Crippen LogP contribution in [-0.2, 0) is 20.8 Å². The Kier molecular flexibility index (Phi) is 5.05. The van der Waals surface area contributed by atoms with Crippen molar-refractivity contribution < 1.29 is 26.4 Å². The van der Waals surface area contributed by atoms with Crippen LogP contribution in [0.3, 0.4) is 0 Å². The number of hydrogen-bond donors (Lipinski definition) is 2. The maximum Gasteiger partial charge on any atom is 0.449 e. The van der Waals surface area contributed by atoms with Gasteiger partial charge in [-0.25, -0.2) is 13.4 Å². The number of fused-ring (bicyclic) bond motifs is 1. The number of aromatic nitrogens is 2. The molecule has 2 atom stereocenters. The number of aromatic amines is 1. The molecule has 0 aliphatic carbocycles. The molecule has 3 aromatic rings. The molecule has 1 aliphatic heterocycles. The summed E-state index contributed by atoms with van der Waals surface area (Å²) in [5.41, 5.74) is 1.63. The Labute approximate surface area is 170 Å². The second-order valence-corrected chi connectivity index (χ2v) is 9.54. The van der Waals surface area contributed by atoms with Crippen molar-refractivity contribution in [2.75, 3.05) is 11.5 Å². The van der Waals surface area contributed by atoms with Gasteiger partial charge in [0.1, 0.15) is 0 Å². The summed E-state index contributed by atoms with van der Waals surface area (Å²) in [4.78, 5) is 18.6. The van der Waals surface area contributed by atoms with Gasteiger partial charge >= 0.3 is 6.18 Å². The first-order valence-electron chi connectivity index (χ1n) is 9.25. The van der Waals surface area contributed by atoms with Crippen LogP contribution >= 0.6 is 0 Å². The molecule has 0 radical (unpaired) electrons. The van der Waals surface area contributed by atoms with E-state index in [-0.39, 0.29) is 29.0 Å². The first-order chi connectivity index (χ1) is 14.1. The van der Waals surface area contributed by atoms with E-state index in [9.17, 15) is 26.4 Å². The molecule has 1 aliphatic rings. The normalized spacial score (nSPS) is 19.6. The van der Waals surface area contributed by atoms with E-state index >= 15 is 0 Å². The van der Waals surface area contributed by atoms with Gasteiger partial charge in [-0.1, -0.05) is 36.4 Å². The van der Waals surface area contributed by atoms with Gasteiger partial charge < -0.3 is 10.3 Å². The minimum Gasteiger partial charge on any atom is -0.345 e. The summed E-state index contributed by atoms with van der Waals surface area (Å²) in [5.74, 6) is -2.36. The van der Waals surface area contributed by atoms with Gasteiger partial charge in [0.2, 0.25) is 11.7 Å². The highest BCUT2D eigenvalue weighted by molar-refractivity contribution is 7.91. The van der Waals surface area contributed by atoms with Crippen molar-refractivity contribution in [3.63, 3.8) is 0 Å². The second kappa shape index (κ2) is 7.42. The molecule has 2 aromatic carbocycles. The van der Waals surface area contributed by atoms with E-state index in [1.165, 1.54) is 12.1 Å². The average Bonchev–Trinajstić information content (AvgIpc) is 3.29. The zero-order valence-electron chi connectivity index (χ0n) is 15.6. The molecule has 0 saturated carbocycles. The third kappa shape index (κ3) is 4.18. The average molecular weight is 437 g/mol. The van der Waals surface area contributed by atoms with Crippen LogP contribution in [0.2, 0.25) is 0 Å². The van der Waals surface area contributed by atoms with E-state index in [2.05, 4.69) is 15.3 Å². The third-order valence-electron chi connectivity index (χ3n) is 5.13. The highest BCUT2D eigenvalue weighted by Crippen LogP contribution is 2.31. The van der Waals surface area contributed by atoms with Crippen molar-refractivity contribution in [2.24, 2.45) is 5.92 Å². The highest BCUT2D eigenvalue weighted by Gasteiger charge is 2.36. The number of nitrogens with zero attached hydrogens (tertiary/aromatic N) is 1. The Bertz CT molecular complexity index is 1190. The molecule has 10 heteroatoms. The minimum atomic E-state index is -4.60. The van der Waals surface area contributed by atoms with Crippen LogP contribution in [0.1, 0.15) is 29.4 Å². The molecule has 0 spiro atoms. The summed E-state index contributed by atoms with van der Waals surface area (Å²) < 4.78 is 62.3. The van der Waals surface area contributed by atoms with E-state index < -0.39 is 39.7 Å². The lowest BCUT2D eigenvalue weighted by Crippen LogP contribution is -2.35. The molecule has 1 saturated heterocycles. The fraction of sp³-hybridized carbons (Fsp3) is 0.300. The molecular formula is C20H18F3N3O3S. The molecule has 4 rings (SSSR count). The highest BCUT2D eigenvalue weighted by atomic mass is 32.2. The first-order valence-corrected chi connectivity index (χ1v) is 11.1. The molecule has 0 unspecified atom stereocenters. The van der Waals surface area contributed by atoms with Crippen LogP contribution in [0.4, 0.5) is 13.2 Å². The Morgan fingerprint density at radius 2 is 1.87 bits per heavy atom. The summed E-state index contributed by atoms with van der Waals surface area (Å²) in [6.45, 7) is 0. The Hall–Kier alpha value is -2.88. The largest absolute Gasteiger partial charge is 0.449 e. The van der Waals surface area contributed by atoms with Gasteiger partial charge in [0.15, 0.2) is 9.84 Å². The molecule has 30 heavy (non-hydrogen) atoms. The number of alkyl halides is 3. The smallest absolute Gasteiger partial charge is 0.345 e. The summed E-state index contributed by atoms with van der Waals surface area (Å²) in [6.07, 6.45) is -4.34. The van der Waals surface area contributed by atoms with Crippen LogP contribution in [0, 0.1) is 5.92 Å². The zero-order chi connectivity index (χ0) is 21.5. The molecule has 1 fully saturated rings. The second-order valence-electron chi connectivity index (χ2n) is 7.31. The molecule has 6 nitrogen and oxygen atoms in total. The first kappa shape index (κ1) is 20.4. The van der Waals surface area contributed by atoms with Gasteiger partial charge in [-0.2, -0.15) is 13.2 Å². The molecule has 2 N–H and O–H groups in total. The number of amides is 1. The fourth-order valence-electron chi connectivity index (χ4n) is 3.61. The quantitative estimate of drug-likeness (QED) is 0.656. The fourth-order valence-corrected chi connectivity index (χ4v) is 5.35. The van der Waals surface area contributed by atoms with E-state index in [1.54, 1.807) is 36.4 Å². The number of carbonyl (C=O) groups excluding carboxylic acids is 1.